The van der Waals surface area contributed by atoms with Gasteiger partial charge in [0.15, 0.2) is 12.0 Å². The van der Waals surface area contributed by atoms with Gasteiger partial charge in [0.2, 0.25) is 5.84 Å². The van der Waals surface area contributed by atoms with Crippen LogP contribution in [0.25, 0.3) is 0 Å². The average molecular weight is 430 g/mol. The van der Waals surface area contributed by atoms with E-state index < -0.39 is 0 Å². The van der Waals surface area contributed by atoms with Gasteiger partial charge < -0.3 is 4.74 Å². The normalized spacial score (nSPS) is 23.0. The van der Waals surface area contributed by atoms with Crippen molar-refractivity contribution in [3.05, 3.63) is 28.2 Å². The van der Waals surface area contributed by atoms with Gasteiger partial charge in [-0.1, -0.05) is 40.5 Å². The van der Waals surface area contributed by atoms with Crippen molar-refractivity contribution in [2.45, 2.75) is 32.6 Å². The number of hydrogen-bond acceptors (Lipinski definition) is 5. The Morgan fingerprint density at radius 3 is 2.70 bits per heavy atom. The summed E-state index contributed by atoms with van der Waals surface area (Å²) in [6, 6.07) is 5.74. The summed E-state index contributed by atoms with van der Waals surface area (Å²) in [6.45, 7) is 7.16. The quantitative estimate of drug-likeness (QED) is 0.306. The van der Waals surface area contributed by atoms with Gasteiger partial charge in [-0.05, 0) is 30.6 Å². The van der Waals surface area contributed by atoms with Crippen LogP contribution in [-0.2, 0) is 4.74 Å². The number of unbranched alkanes of at least 4 members (excludes halogenated alkanes) is 2. The summed E-state index contributed by atoms with van der Waals surface area (Å²) >= 11 is 14.2. The van der Waals surface area contributed by atoms with Crippen LogP contribution in [0.5, 0.6) is 0 Å². The van der Waals surface area contributed by atoms with Crippen molar-refractivity contribution in [1.29, 1.82) is 0 Å². The predicted octanol–water partition coefficient (Wildman–Crippen LogP) is 5.22. The van der Waals surface area contributed by atoms with Crippen molar-refractivity contribution in [2.75, 3.05) is 38.6 Å². The number of hydrogen-bond donors (Lipinski definition) is 0. The minimum atomic E-state index is 0.344. The van der Waals surface area contributed by atoms with E-state index in [1.165, 1.54) is 19.4 Å². The van der Waals surface area contributed by atoms with E-state index in [1.54, 1.807) is 18.3 Å². The maximum absolute atomic E-state index is 6.27. The van der Waals surface area contributed by atoms with E-state index in [-0.39, 0.29) is 0 Å². The summed E-state index contributed by atoms with van der Waals surface area (Å²) < 4.78 is 5.75. The van der Waals surface area contributed by atoms with E-state index >= 15 is 0 Å². The minimum Gasteiger partial charge on any atom is -0.379 e. The highest BCUT2D eigenvalue weighted by atomic mass is 35.5. The number of rotatable bonds is 9. The van der Waals surface area contributed by atoms with Gasteiger partial charge in [0.05, 0.1) is 29.0 Å². The van der Waals surface area contributed by atoms with Crippen LogP contribution in [0.15, 0.2) is 28.3 Å². The fourth-order valence-electron chi connectivity index (χ4n) is 3.32. The number of morpholine rings is 1. The SMILES string of the molecule is CCC1=NC=N[N+]1(SCCCCCN1CCOCC1)c1ccc(Cl)c(Cl)c1. The fourth-order valence-corrected chi connectivity index (χ4v) is 4.91. The number of ether oxygens (including phenoxy) is 1. The zero-order valence-electron chi connectivity index (χ0n) is 15.7. The lowest BCUT2D eigenvalue weighted by molar-refractivity contribution is 0.0372. The molecule has 2 aliphatic rings. The Kier molecular flexibility index (Phi) is 7.99. The molecular formula is C19H27Cl2N4OS+. The molecule has 148 valence electrons. The van der Waals surface area contributed by atoms with E-state index in [1.807, 2.05) is 18.2 Å². The number of aliphatic imine (C=N–C) groups is 1. The Labute approximate surface area is 176 Å². The fraction of sp³-hybridized carbons (Fsp3) is 0.579. The van der Waals surface area contributed by atoms with Crippen LogP contribution in [0.1, 0.15) is 32.6 Å². The number of nitrogens with zero attached hydrogens (tertiary/aromatic N) is 4. The summed E-state index contributed by atoms with van der Waals surface area (Å²) in [5, 5.41) is 5.81. The molecule has 2 aliphatic heterocycles. The van der Waals surface area contributed by atoms with Crippen molar-refractivity contribution < 1.29 is 4.74 Å². The van der Waals surface area contributed by atoms with E-state index in [0.717, 1.165) is 56.4 Å². The molecular weight excluding hydrogens is 403 g/mol. The maximum Gasteiger partial charge on any atom is 0.248 e. The molecule has 1 aromatic carbocycles. The Morgan fingerprint density at radius 2 is 1.96 bits per heavy atom. The molecule has 2 heterocycles. The van der Waals surface area contributed by atoms with Crippen molar-refractivity contribution in [3.8, 4) is 0 Å². The molecule has 1 atom stereocenters. The number of amidine groups is 1. The average Bonchev–Trinajstić information content (AvgIpc) is 3.11. The predicted molar refractivity (Wildman–Crippen MR) is 118 cm³/mol. The summed E-state index contributed by atoms with van der Waals surface area (Å²) in [5.74, 6) is 2.03. The van der Waals surface area contributed by atoms with Crippen LogP contribution < -0.4 is 4.00 Å². The first kappa shape index (κ1) is 21.1. The Bertz CT molecular complexity index is 694. The van der Waals surface area contributed by atoms with Crippen LogP contribution in [0.2, 0.25) is 10.0 Å². The lowest BCUT2D eigenvalue weighted by Crippen LogP contribution is -2.40. The first-order valence-electron chi connectivity index (χ1n) is 9.56. The molecule has 0 radical (unpaired) electrons. The molecule has 0 spiro atoms. The second-order valence-electron chi connectivity index (χ2n) is 6.65. The third-order valence-electron chi connectivity index (χ3n) is 4.84. The molecule has 0 N–H and O–H groups in total. The smallest absolute Gasteiger partial charge is 0.248 e. The molecule has 8 heteroatoms. The Balaban J connectivity index is 1.54. The molecule has 27 heavy (non-hydrogen) atoms. The molecule has 1 saturated heterocycles. The van der Waals surface area contributed by atoms with Crippen LogP contribution in [0.4, 0.5) is 5.69 Å². The van der Waals surface area contributed by atoms with Gasteiger partial charge in [0, 0.05) is 31.6 Å². The second-order valence-corrected chi connectivity index (χ2v) is 8.66. The van der Waals surface area contributed by atoms with Gasteiger partial charge in [-0.25, -0.2) is 0 Å². The molecule has 1 aromatic rings. The third kappa shape index (κ3) is 5.25. The molecule has 0 bridgehead atoms. The van der Waals surface area contributed by atoms with E-state index in [4.69, 9.17) is 33.0 Å². The van der Waals surface area contributed by atoms with Crippen molar-refractivity contribution in [3.63, 3.8) is 0 Å². The highest BCUT2D eigenvalue weighted by Gasteiger charge is 2.41. The van der Waals surface area contributed by atoms with Crippen LogP contribution in [-0.4, -0.2) is 55.7 Å². The monoisotopic (exact) mass is 429 g/mol. The molecule has 0 amide bonds. The van der Waals surface area contributed by atoms with Gasteiger partial charge >= 0.3 is 0 Å². The standard InChI is InChI=1S/C19H27Cl2N4OS/c1-2-19-22-15-23-25(19,16-6-7-17(20)18(21)14-16)27-13-5-3-4-8-24-9-11-26-12-10-24/h6-7,14-15H,2-5,8-13H2,1H3/q+1. The molecule has 1 fully saturated rings. The van der Waals surface area contributed by atoms with E-state index in [2.05, 4.69) is 16.8 Å². The molecule has 0 aliphatic carbocycles. The summed E-state index contributed by atoms with van der Waals surface area (Å²) in [6.07, 6.45) is 6.10. The number of quaternary nitrogens is 1. The van der Waals surface area contributed by atoms with Gasteiger partial charge in [-0.2, -0.15) is 4.99 Å². The Morgan fingerprint density at radius 1 is 1.15 bits per heavy atom. The first-order valence-corrected chi connectivity index (χ1v) is 11.3. The largest absolute Gasteiger partial charge is 0.379 e. The van der Waals surface area contributed by atoms with Gasteiger partial charge in [-0.3, -0.25) is 4.90 Å². The van der Waals surface area contributed by atoms with E-state index in [9.17, 15) is 0 Å². The molecule has 0 saturated carbocycles. The topological polar surface area (TPSA) is 37.2 Å². The van der Waals surface area contributed by atoms with Gasteiger partial charge in [0.1, 0.15) is 11.9 Å². The zero-order valence-corrected chi connectivity index (χ0v) is 18.1. The third-order valence-corrected chi connectivity index (χ3v) is 6.94. The van der Waals surface area contributed by atoms with Crippen molar-refractivity contribution >= 4 is 53.0 Å². The molecule has 1 unspecified atom stereocenters. The Hall–Kier alpha value is -0.630. The highest BCUT2D eigenvalue weighted by Crippen LogP contribution is 2.40. The van der Waals surface area contributed by atoms with Crippen molar-refractivity contribution in [2.24, 2.45) is 10.1 Å². The number of halogens is 2. The summed E-state index contributed by atoms with van der Waals surface area (Å²) in [4.78, 5) is 6.99. The summed E-state index contributed by atoms with van der Waals surface area (Å²) in [7, 11) is 0. The van der Waals surface area contributed by atoms with Crippen LogP contribution >= 0.6 is 35.1 Å². The van der Waals surface area contributed by atoms with Crippen LogP contribution in [0.3, 0.4) is 0 Å². The van der Waals surface area contributed by atoms with Crippen molar-refractivity contribution in [1.82, 2.24) is 8.90 Å². The number of benzene rings is 1. The maximum atomic E-state index is 6.27. The lowest BCUT2D eigenvalue weighted by Gasteiger charge is -2.27. The molecule has 3 rings (SSSR count). The van der Waals surface area contributed by atoms with Gasteiger partial charge in [-0.15, -0.1) is 0 Å². The van der Waals surface area contributed by atoms with Gasteiger partial charge in [0.25, 0.3) is 0 Å². The summed E-state index contributed by atoms with van der Waals surface area (Å²) in [5.41, 5.74) is 0.997. The first-order chi connectivity index (χ1) is 13.2. The lowest BCUT2D eigenvalue weighted by atomic mass is 10.2. The highest BCUT2D eigenvalue weighted by molar-refractivity contribution is 7.99. The molecule has 5 nitrogen and oxygen atoms in total. The zero-order chi connectivity index (χ0) is 19.1. The minimum absolute atomic E-state index is 0.344. The van der Waals surface area contributed by atoms with E-state index in [0.29, 0.717) is 14.0 Å². The second kappa shape index (κ2) is 10.2. The molecule has 0 aromatic heterocycles. The van der Waals surface area contributed by atoms with Crippen LogP contribution in [0, 0.1) is 0 Å².